The van der Waals surface area contributed by atoms with Gasteiger partial charge in [0, 0.05) is 19.3 Å². The standard InChI is InChI=1S/C11H18N4O3/c1-3-11(2,10(17)18)14-9(16)8-6-15(5-4-12)7-13-8/h6-7H,3-5,12H2,1-2H3,(H,14,16)(H,17,18). The first-order valence-corrected chi connectivity index (χ1v) is 5.70. The van der Waals surface area contributed by atoms with Crippen LogP contribution in [0.5, 0.6) is 0 Å². The number of nitrogens with two attached hydrogens (primary N) is 1. The third kappa shape index (κ3) is 3.07. The van der Waals surface area contributed by atoms with Crippen molar-refractivity contribution in [1.29, 1.82) is 0 Å². The summed E-state index contributed by atoms with van der Waals surface area (Å²) in [5, 5.41) is 11.5. The molecule has 100 valence electrons. The zero-order chi connectivity index (χ0) is 13.8. The molecule has 0 aromatic carbocycles. The average Bonchev–Trinajstić information content (AvgIpc) is 2.77. The Morgan fingerprint density at radius 1 is 1.61 bits per heavy atom. The number of imidazole rings is 1. The third-order valence-electron chi connectivity index (χ3n) is 2.82. The van der Waals surface area contributed by atoms with E-state index in [-0.39, 0.29) is 12.1 Å². The minimum Gasteiger partial charge on any atom is -0.480 e. The van der Waals surface area contributed by atoms with E-state index in [1.165, 1.54) is 13.3 Å². The smallest absolute Gasteiger partial charge is 0.329 e. The fourth-order valence-electron chi connectivity index (χ4n) is 1.36. The number of aromatic nitrogens is 2. The van der Waals surface area contributed by atoms with Crippen LogP contribution in [-0.2, 0) is 11.3 Å². The number of carbonyl (C=O) groups is 2. The van der Waals surface area contributed by atoms with Crippen LogP contribution in [0.1, 0.15) is 30.8 Å². The number of carboxylic acids is 1. The molecule has 0 spiro atoms. The highest BCUT2D eigenvalue weighted by Gasteiger charge is 2.33. The van der Waals surface area contributed by atoms with Crippen molar-refractivity contribution in [2.75, 3.05) is 6.54 Å². The molecule has 0 aliphatic heterocycles. The maximum Gasteiger partial charge on any atom is 0.329 e. The van der Waals surface area contributed by atoms with E-state index in [0.29, 0.717) is 13.1 Å². The zero-order valence-corrected chi connectivity index (χ0v) is 10.5. The fraction of sp³-hybridized carbons (Fsp3) is 0.545. The number of carboxylic acid groups (broad SMARTS) is 1. The van der Waals surface area contributed by atoms with Crippen LogP contribution in [-0.4, -0.2) is 38.6 Å². The van der Waals surface area contributed by atoms with Gasteiger partial charge >= 0.3 is 5.97 Å². The highest BCUT2D eigenvalue weighted by Crippen LogP contribution is 2.10. The lowest BCUT2D eigenvalue weighted by Crippen LogP contribution is -2.51. The van der Waals surface area contributed by atoms with Crippen molar-refractivity contribution in [2.24, 2.45) is 5.73 Å². The molecule has 0 saturated heterocycles. The van der Waals surface area contributed by atoms with Gasteiger partial charge in [0.25, 0.3) is 5.91 Å². The minimum absolute atomic E-state index is 0.185. The summed E-state index contributed by atoms with van der Waals surface area (Å²) in [4.78, 5) is 26.8. The van der Waals surface area contributed by atoms with Gasteiger partial charge in [0.15, 0.2) is 0 Å². The molecule has 0 radical (unpaired) electrons. The first-order chi connectivity index (χ1) is 8.42. The van der Waals surface area contributed by atoms with Crippen LogP contribution in [0.4, 0.5) is 0 Å². The van der Waals surface area contributed by atoms with Crippen LogP contribution in [0.2, 0.25) is 0 Å². The van der Waals surface area contributed by atoms with E-state index in [4.69, 9.17) is 10.8 Å². The second-order valence-corrected chi connectivity index (χ2v) is 4.23. The van der Waals surface area contributed by atoms with E-state index < -0.39 is 17.4 Å². The van der Waals surface area contributed by atoms with Gasteiger partial charge in [0.2, 0.25) is 0 Å². The normalized spacial score (nSPS) is 13.9. The number of nitrogens with one attached hydrogen (secondary N) is 1. The molecule has 1 aromatic rings. The van der Waals surface area contributed by atoms with Crippen LogP contribution in [0.25, 0.3) is 0 Å². The van der Waals surface area contributed by atoms with Crippen LogP contribution >= 0.6 is 0 Å². The van der Waals surface area contributed by atoms with Crippen molar-refractivity contribution >= 4 is 11.9 Å². The van der Waals surface area contributed by atoms with Crippen LogP contribution < -0.4 is 11.1 Å². The molecule has 0 aliphatic rings. The Kier molecular flexibility index (Phi) is 4.43. The summed E-state index contributed by atoms with van der Waals surface area (Å²) in [6.07, 6.45) is 3.32. The number of rotatable bonds is 6. The lowest BCUT2D eigenvalue weighted by Gasteiger charge is -2.23. The van der Waals surface area contributed by atoms with Crippen molar-refractivity contribution in [1.82, 2.24) is 14.9 Å². The van der Waals surface area contributed by atoms with Gasteiger partial charge in [-0.2, -0.15) is 0 Å². The third-order valence-corrected chi connectivity index (χ3v) is 2.82. The molecule has 18 heavy (non-hydrogen) atoms. The highest BCUT2D eigenvalue weighted by atomic mass is 16.4. The van der Waals surface area contributed by atoms with E-state index in [1.54, 1.807) is 17.7 Å². The van der Waals surface area contributed by atoms with E-state index >= 15 is 0 Å². The lowest BCUT2D eigenvalue weighted by molar-refractivity contribution is -0.143. The monoisotopic (exact) mass is 254 g/mol. The summed E-state index contributed by atoms with van der Waals surface area (Å²) >= 11 is 0. The van der Waals surface area contributed by atoms with Crippen LogP contribution in [0, 0.1) is 0 Å². The second-order valence-electron chi connectivity index (χ2n) is 4.23. The fourth-order valence-corrected chi connectivity index (χ4v) is 1.36. The van der Waals surface area contributed by atoms with Crippen molar-refractivity contribution < 1.29 is 14.7 Å². The molecule has 0 saturated carbocycles. The van der Waals surface area contributed by atoms with Crippen LogP contribution in [0.15, 0.2) is 12.5 Å². The van der Waals surface area contributed by atoms with Gasteiger partial charge in [-0.1, -0.05) is 6.92 Å². The molecule has 0 bridgehead atoms. The molecule has 7 heteroatoms. The lowest BCUT2D eigenvalue weighted by atomic mass is 9.99. The minimum atomic E-state index is -1.28. The first-order valence-electron chi connectivity index (χ1n) is 5.70. The van der Waals surface area contributed by atoms with Gasteiger partial charge in [0.05, 0.1) is 6.33 Å². The van der Waals surface area contributed by atoms with Gasteiger partial charge in [-0.15, -0.1) is 0 Å². The Balaban J connectivity index is 2.78. The summed E-state index contributed by atoms with van der Waals surface area (Å²) < 4.78 is 1.68. The number of aliphatic carboxylic acids is 1. The summed E-state index contributed by atoms with van der Waals surface area (Å²) in [7, 11) is 0. The first kappa shape index (κ1) is 14.2. The molecule has 7 nitrogen and oxygen atoms in total. The zero-order valence-electron chi connectivity index (χ0n) is 10.5. The van der Waals surface area contributed by atoms with Crippen molar-refractivity contribution in [3.63, 3.8) is 0 Å². The number of carbonyl (C=O) groups excluding carboxylic acids is 1. The van der Waals surface area contributed by atoms with E-state index in [1.807, 2.05) is 0 Å². The molecule has 1 amide bonds. The largest absolute Gasteiger partial charge is 0.480 e. The van der Waals surface area contributed by atoms with E-state index in [2.05, 4.69) is 10.3 Å². The predicted molar refractivity (Wildman–Crippen MR) is 65.1 cm³/mol. The second kappa shape index (κ2) is 5.63. The summed E-state index contributed by atoms with van der Waals surface area (Å²) in [6.45, 7) is 4.16. The molecular formula is C11H18N4O3. The Morgan fingerprint density at radius 2 is 2.28 bits per heavy atom. The van der Waals surface area contributed by atoms with Gasteiger partial charge in [-0.25, -0.2) is 9.78 Å². The van der Waals surface area contributed by atoms with Crippen molar-refractivity contribution in [3.8, 4) is 0 Å². The number of hydrogen-bond donors (Lipinski definition) is 3. The van der Waals surface area contributed by atoms with Crippen molar-refractivity contribution in [3.05, 3.63) is 18.2 Å². The highest BCUT2D eigenvalue weighted by molar-refractivity contribution is 5.96. The molecule has 0 aliphatic carbocycles. The number of nitrogens with zero attached hydrogens (tertiary/aromatic N) is 2. The number of amides is 1. The average molecular weight is 254 g/mol. The Labute approximate surface area is 105 Å². The quantitative estimate of drug-likeness (QED) is 0.652. The van der Waals surface area contributed by atoms with Crippen LogP contribution in [0.3, 0.4) is 0 Å². The van der Waals surface area contributed by atoms with E-state index in [0.717, 1.165) is 0 Å². The van der Waals surface area contributed by atoms with Gasteiger partial charge in [0.1, 0.15) is 11.2 Å². The molecule has 1 heterocycles. The Morgan fingerprint density at radius 3 is 2.78 bits per heavy atom. The van der Waals surface area contributed by atoms with Gasteiger partial charge in [-0.3, -0.25) is 4.79 Å². The maximum atomic E-state index is 11.9. The van der Waals surface area contributed by atoms with E-state index in [9.17, 15) is 9.59 Å². The van der Waals surface area contributed by atoms with Gasteiger partial charge in [-0.05, 0) is 13.3 Å². The Hall–Kier alpha value is -1.89. The molecule has 1 unspecified atom stereocenters. The van der Waals surface area contributed by atoms with Gasteiger partial charge < -0.3 is 20.7 Å². The molecule has 0 fully saturated rings. The molecule has 4 N–H and O–H groups in total. The number of hydrogen-bond acceptors (Lipinski definition) is 4. The summed E-state index contributed by atoms with van der Waals surface area (Å²) in [5.41, 5.74) is 4.28. The van der Waals surface area contributed by atoms with Crippen molar-refractivity contribution in [2.45, 2.75) is 32.4 Å². The predicted octanol–water partition coefficient (Wildman–Crippen LogP) is -0.175. The topological polar surface area (TPSA) is 110 Å². The molecule has 1 aromatic heterocycles. The summed E-state index contributed by atoms with van der Waals surface area (Å²) in [5.74, 6) is -1.57. The molecule has 1 rings (SSSR count). The summed E-state index contributed by atoms with van der Waals surface area (Å²) in [6, 6.07) is 0. The molecular weight excluding hydrogens is 236 g/mol. The SMILES string of the molecule is CCC(C)(NC(=O)c1cn(CCN)cn1)C(=O)O. The maximum absolute atomic E-state index is 11.9. The molecule has 1 atom stereocenters. The Bertz CT molecular complexity index is 443.